The largest absolute Gasteiger partial charge is 0.396 e. The fourth-order valence-electron chi connectivity index (χ4n) is 2.05. The van der Waals surface area contributed by atoms with Crippen LogP contribution in [0, 0.1) is 0 Å². The summed E-state index contributed by atoms with van der Waals surface area (Å²) in [6, 6.07) is 0. The quantitative estimate of drug-likeness (QED) is 0.784. The van der Waals surface area contributed by atoms with Crippen LogP contribution in [0.15, 0.2) is 6.33 Å². The molecule has 1 aliphatic carbocycles. The number of hydrogen-bond donors (Lipinski definition) is 1. The Kier molecular flexibility index (Phi) is 3.09. The maximum absolute atomic E-state index is 8.79. The molecule has 0 saturated heterocycles. The van der Waals surface area contributed by atoms with E-state index >= 15 is 0 Å². The van der Waals surface area contributed by atoms with Gasteiger partial charge in [0.2, 0.25) is 0 Å². The summed E-state index contributed by atoms with van der Waals surface area (Å²) in [4.78, 5) is 8.62. The van der Waals surface area contributed by atoms with E-state index in [0.717, 1.165) is 31.4 Å². The van der Waals surface area contributed by atoms with Crippen molar-refractivity contribution in [2.24, 2.45) is 0 Å². The molecule has 3 heteroatoms. The molecule has 0 spiro atoms. The monoisotopic (exact) mass is 192 g/mol. The molecule has 0 amide bonds. The van der Waals surface area contributed by atoms with Gasteiger partial charge in [0.15, 0.2) is 0 Å². The van der Waals surface area contributed by atoms with E-state index in [1.54, 1.807) is 6.33 Å². The molecule has 14 heavy (non-hydrogen) atoms. The maximum atomic E-state index is 8.79. The second kappa shape index (κ2) is 4.51. The van der Waals surface area contributed by atoms with Gasteiger partial charge in [0, 0.05) is 18.0 Å². The summed E-state index contributed by atoms with van der Waals surface area (Å²) < 4.78 is 0. The summed E-state index contributed by atoms with van der Waals surface area (Å²) >= 11 is 0. The molecule has 3 nitrogen and oxygen atoms in total. The molecular weight excluding hydrogens is 176 g/mol. The van der Waals surface area contributed by atoms with Gasteiger partial charge < -0.3 is 5.11 Å². The zero-order valence-corrected chi connectivity index (χ0v) is 8.37. The molecule has 1 heterocycles. The van der Waals surface area contributed by atoms with Crippen molar-refractivity contribution in [1.29, 1.82) is 0 Å². The molecule has 2 rings (SSSR count). The third-order valence-corrected chi connectivity index (χ3v) is 2.79. The number of aromatic nitrogens is 2. The summed E-state index contributed by atoms with van der Waals surface area (Å²) in [5.74, 6) is 0. The number of rotatable bonds is 3. The van der Waals surface area contributed by atoms with Crippen molar-refractivity contribution in [3.63, 3.8) is 0 Å². The topological polar surface area (TPSA) is 46.0 Å². The van der Waals surface area contributed by atoms with E-state index in [4.69, 9.17) is 5.11 Å². The molecule has 0 bridgehead atoms. The van der Waals surface area contributed by atoms with Gasteiger partial charge in [-0.3, -0.25) is 0 Å². The van der Waals surface area contributed by atoms with Crippen LogP contribution < -0.4 is 0 Å². The van der Waals surface area contributed by atoms with Crippen LogP contribution in [-0.2, 0) is 19.3 Å². The molecule has 0 atom stereocenters. The van der Waals surface area contributed by atoms with Crippen LogP contribution in [0.2, 0.25) is 0 Å². The van der Waals surface area contributed by atoms with Crippen molar-refractivity contribution in [2.75, 3.05) is 6.61 Å². The maximum Gasteiger partial charge on any atom is 0.115 e. The van der Waals surface area contributed by atoms with Gasteiger partial charge in [0.05, 0.1) is 0 Å². The first kappa shape index (κ1) is 9.59. The minimum absolute atomic E-state index is 0.249. The molecule has 1 aliphatic rings. The minimum Gasteiger partial charge on any atom is -0.396 e. The Morgan fingerprint density at radius 2 is 2.07 bits per heavy atom. The first-order valence-electron chi connectivity index (χ1n) is 5.34. The SMILES string of the molecule is OCCCc1ncnc2c1CCCC2. The van der Waals surface area contributed by atoms with Crippen molar-refractivity contribution in [3.05, 3.63) is 23.3 Å². The number of aliphatic hydroxyl groups is 1. The highest BCUT2D eigenvalue weighted by atomic mass is 16.2. The highest BCUT2D eigenvalue weighted by Crippen LogP contribution is 2.21. The molecule has 0 unspecified atom stereocenters. The van der Waals surface area contributed by atoms with Gasteiger partial charge in [-0.25, -0.2) is 9.97 Å². The Bertz CT molecular complexity index is 312. The van der Waals surface area contributed by atoms with Crippen molar-refractivity contribution < 1.29 is 5.11 Å². The Hall–Kier alpha value is -0.960. The van der Waals surface area contributed by atoms with Crippen LogP contribution >= 0.6 is 0 Å². The number of hydrogen-bond acceptors (Lipinski definition) is 3. The van der Waals surface area contributed by atoms with Gasteiger partial charge in [0.1, 0.15) is 6.33 Å². The van der Waals surface area contributed by atoms with Gasteiger partial charge in [-0.2, -0.15) is 0 Å². The standard InChI is InChI=1S/C11H16N2O/c14-7-3-6-11-9-4-1-2-5-10(9)12-8-13-11/h8,14H,1-7H2. The smallest absolute Gasteiger partial charge is 0.115 e. The number of aryl methyl sites for hydroxylation is 2. The van der Waals surface area contributed by atoms with Gasteiger partial charge in [0.25, 0.3) is 0 Å². The van der Waals surface area contributed by atoms with Crippen LogP contribution in [0.25, 0.3) is 0 Å². The lowest BCUT2D eigenvalue weighted by molar-refractivity contribution is 0.288. The first-order valence-corrected chi connectivity index (χ1v) is 5.34. The lowest BCUT2D eigenvalue weighted by atomic mass is 9.93. The number of fused-ring (bicyclic) bond motifs is 1. The van der Waals surface area contributed by atoms with E-state index in [-0.39, 0.29) is 6.61 Å². The Morgan fingerprint density at radius 3 is 2.93 bits per heavy atom. The normalized spacial score (nSPS) is 15.2. The van der Waals surface area contributed by atoms with Crippen molar-refractivity contribution in [1.82, 2.24) is 9.97 Å². The number of nitrogens with zero attached hydrogens (tertiary/aromatic N) is 2. The summed E-state index contributed by atoms with van der Waals surface area (Å²) in [5, 5.41) is 8.79. The third kappa shape index (κ3) is 1.93. The fourth-order valence-corrected chi connectivity index (χ4v) is 2.05. The van der Waals surface area contributed by atoms with Crippen molar-refractivity contribution in [2.45, 2.75) is 38.5 Å². The fraction of sp³-hybridized carbons (Fsp3) is 0.636. The third-order valence-electron chi connectivity index (χ3n) is 2.79. The molecule has 1 aromatic rings. The van der Waals surface area contributed by atoms with E-state index in [1.807, 2.05) is 0 Å². The molecule has 0 aromatic carbocycles. The Balaban J connectivity index is 2.21. The van der Waals surface area contributed by atoms with Crippen LogP contribution in [0.1, 0.15) is 36.2 Å². The van der Waals surface area contributed by atoms with E-state index in [9.17, 15) is 0 Å². The highest BCUT2D eigenvalue weighted by molar-refractivity contribution is 5.27. The Labute approximate surface area is 84.2 Å². The summed E-state index contributed by atoms with van der Waals surface area (Å²) in [7, 11) is 0. The zero-order valence-electron chi connectivity index (χ0n) is 8.37. The predicted molar refractivity (Wildman–Crippen MR) is 54.1 cm³/mol. The lowest BCUT2D eigenvalue weighted by Gasteiger charge is -2.16. The minimum atomic E-state index is 0.249. The van der Waals surface area contributed by atoms with Gasteiger partial charge in [-0.15, -0.1) is 0 Å². The summed E-state index contributed by atoms with van der Waals surface area (Å²) in [6.45, 7) is 0.249. The molecule has 0 aliphatic heterocycles. The molecule has 1 aromatic heterocycles. The van der Waals surface area contributed by atoms with Crippen LogP contribution in [0.4, 0.5) is 0 Å². The number of aliphatic hydroxyl groups excluding tert-OH is 1. The van der Waals surface area contributed by atoms with E-state index < -0.39 is 0 Å². The van der Waals surface area contributed by atoms with E-state index in [0.29, 0.717) is 0 Å². The Morgan fingerprint density at radius 1 is 1.21 bits per heavy atom. The highest BCUT2D eigenvalue weighted by Gasteiger charge is 2.14. The zero-order chi connectivity index (χ0) is 9.80. The van der Waals surface area contributed by atoms with Crippen LogP contribution in [0.3, 0.4) is 0 Å². The molecule has 1 N–H and O–H groups in total. The average Bonchev–Trinajstić information content (AvgIpc) is 2.26. The van der Waals surface area contributed by atoms with Gasteiger partial charge >= 0.3 is 0 Å². The van der Waals surface area contributed by atoms with Crippen molar-refractivity contribution in [3.8, 4) is 0 Å². The van der Waals surface area contributed by atoms with Crippen LogP contribution in [0.5, 0.6) is 0 Å². The second-order valence-corrected chi connectivity index (χ2v) is 3.78. The molecule has 76 valence electrons. The van der Waals surface area contributed by atoms with Gasteiger partial charge in [-0.1, -0.05) is 0 Å². The van der Waals surface area contributed by atoms with Crippen LogP contribution in [-0.4, -0.2) is 21.7 Å². The first-order chi connectivity index (χ1) is 6.92. The molecule has 0 radical (unpaired) electrons. The van der Waals surface area contributed by atoms with Gasteiger partial charge in [-0.05, 0) is 44.1 Å². The summed E-state index contributed by atoms with van der Waals surface area (Å²) in [6.07, 6.45) is 8.10. The second-order valence-electron chi connectivity index (χ2n) is 3.78. The molecule has 0 saturated carbocycles. The van der Waals surface area contributed by atoms with E-state index in [2.05, 4.69) is 9.97 Å². The van der Waals surface area contributed by atoms with E-state index in [1.165, 1.54) is 24.1 Å². The molecule has 0 fully saturated rings. The lowest BCUT2D eigenvalue weighted by Crippen LogP contribution is -2.10. The van der Waals surface area contributed by atoms with Crippen molar-refractivity contribution >= 4 is 0 Å². The average molecular weight is 192 g/mol. The predicted octanol–water partition coefficient (Wildman–Crippen LogP) is 1.28. The molecular formula is C11H16N2O. The summed E-state index contributed by atoms with van der Waals surface area (Å²) in [5.41, 5.74) is 3.75.